The third-order valence-electron chi connectivity index (χ3n) is 6.25. The van der Waals surface area contributed by atoms with E-state index in [2.05, 4.69) is 73.6 Å². The first kappa shape index (κ1) is 23.8. The maximum Gasteiger partial charge on any atom is 0.123 e. The second-order valence-corrected chi connectivity index (χ2v) is 12.1. The third-order valence-corrected chi connectivity index (χ3v) is 8.13. The Morgan fingerprint density at radius 2 is 1.19 bits per heavy atom. The molecule has 0 atom stereocenters. The van der Waals surface area contributed by atoms with Crippen LogP contribution in [0.25, 0.3) is 22.3 Å². The molecule has 0 heterocycles. The van der Waals surface area contributed by atoms with E-state index in [4.69, 9.17) is 11.6 Å². The Balaban J connectivity index is 2.39. The molecule has 0 saturated carbocycles. The molecule has 0 aliphatic rings. The largest absolute Gasteiger partial charge is 0.207 e. The van der Waals surface area contributed by atoms with E-state index in [9.17, 15) is 4.39 Å². The summed E-state index contributed by atoms with van der Waals surface area (Å²) in [6.07, 6.45) is 0. The first-order valence-electron chi connectivity index (χ1n) is 10.9. The lowest BCUT2D eigenvalue weighted by molar-refractivity contribution is 0.569. The SMILES string of the molecule is Cc1c(Cl)c([SiH3])c(-c2ccc(F)cc2)c(C)c1-c1cc(C(C)(C)C)cc(C(C)(C)C)c1. The molecule has 0 aliphatic heterocycles. The first-order chi connectivity index (χ1) is 14.2. The molecule has 3 heteroatoms. The van der Waals surface area contributed by atoms with Crippen LogP contribution in [0.4, 0.5) is 4.39 Å². The van der Waals surface area contributed by atoms with Crippen molar-refractivity contribution in [3.8, 4) is 22.3 Å². The van der Waals surface area contributed by atoms with Crippen molar-refractivity contribution in [1.29, 1.82) is 0 Å². The molecule has 0 saturated heterocycles. The van der Waals surface area contributed by atoms with Gasteiger partial charge >= 0.3 is 0 Å². The van der Waals surface area contributed by atoms with Crippen molar-refractivity contribution in [3.63, 3.8) is 0 Å². The lowest BCUT2D eigenvalue weighted by Gasteiger charge is -2.28. The van der Waals surface area contributed by atoms with Gasteiger partial charge in [0.15, 0.2) is 0 Å². The van der Waals surface area contributed by atoms with E-state index in [1.807, 2.05) is 12.1 Å². The van der Waals surface area contributed by atoms with Gasteiger partial charge in [0, 0.05) is 15.3 Å². The number of halogens is 2. The molecule has 0 aromatic heterocycles. The average Bonchev–Trinajstić information content (AvgIpc) is 2.66. The number of hydrogen-bond acceptors (Lipinski definition) is 0. The van der Waals surface area contributed by atoms with E-state index in [-0.39, 0.29) is 16.6 Å². The van der Waals surface area contributed by atoms with E-state index < -0.39 is 0 Å². The van der Waals surface area contributed by atoms with Gasteiger partial charge in [0.2, 0.25) is 0 Å². The summed E-state index contributed by atoms with van der Waals surface area (Å²) in [7, 11) is 0.824. The average molecular weight is 453 g/mol. The molecular weight excluding hydrogens is 419 g/mol. The summed E-state index contributed by atoms with van der Waals surface area (Å²) < 4.78 is 13.6. The molecule has 0 N–H and O–H groups in total. The molecule has 0 fully saturated rings. The van der Waals surface area contributed by atoms with Crippen LogP contribution in [0.15, 0.2) is 42.5 Å². The summed E-state index contributed by atoms with van der Waals surface area (Å²) in [5.41, 5.74) is 9.64. The number of rotatable bonds is 2. The minimum absolute atomic E-state index is 0.0407. The van der Waals surface area contributed by atoms with Gasteiger partial charge in [-0.15, -0.1) is 0 Å². The van der Waals surface area contributed by atoms with Crippen LogP contribution in [-0.4, -0.2) is 10.2 Å². The van der Waals surface area contributed by atoms with Crippen molar-refractivity contribution in [2.24, 2.45) is 0 Å². The Kier molecular flexibility index (Phi) is 6.30. The summed E-state index contributed by atoms with van der Waals surface area (Å²) in [5, 5.41) is 2.01. The molecule has 31 heavy (non-hydrogen) atoms. The van der Waals surface area contributed by atoms with E-state index in [1.165, 1.54) is 45.1 Å². The molecule has 164 valence electrons. The Labute approximate surface area is 195 Å². The fourth-order valence-corrected chi connectivity index (χ4v) is 5.54. The Hall–Kier alpha value is -1.90. The Bertz CT molecular complexity index is 1100. The normalized spacial score (nSPS) is 12.5. The summed E-state index contributed by atoms with van der Waals surface area (Å²) in [4.78, 5) is 0. The molecule has 3 rings (SSSR count). The van der Waals surface area contributed by atoms with E-state index >= 15 is 0 Å². The van der Waals surface area contributed by atoms with Gasteiger partial charge in [-0.1, -0.05) is 83.5 Å². The summed E-state index contributed by atoms with van der Waals surface area (Å²) >= 11 is 6.91. The molecule has 3 aromatic carbocycles. The lowest BCUT2D eigenvalue weighted by Crippen LogP contribution is -2.17. The Morgan fingerprint density at radius 3 is 1.65 bits per heavy atom. The van der Waals surface area contributed by atoms with Crippen LogP contribution in [-0.2, 0) is 10.8 Å². The topological polar surface area (TPSA) is 0 Å². The van der Waals surface area contributed by atoms with E-state index in [0.29, 0.717) is 0 Å². The van der Waals surface area contributed by atoms with Gasteiger partial charge < -0.3 is 0 Å². The fourth-order valence-electron chi connectivity index (χ4n) is 4.31. The van der Waals surface area contributed by atoms with Gasteiger partial charge in [0.05, 0.1) is 0 Å². The first-order valence-corrected chi connectivity index (χ1v) is 12.3. The molecule has 0 nitrogen and oxygen atoms in total. The molecule has 0 amide bonds. The van der Waals surface area contributed by atoms with E-state index in [1.54, 1.807) is 0 Å². The van der Waals surface area contributed by atoms with Crippen LogP contribution < -0.4 is 5.19 Å². The van der Waals surface area contributed by atoms with Gasteiger partial charge in [0.25, 0.3) is 0 Å². The van der Waals surface area contributed by atoms with Gasteiger partial charge in [0.1, 0.15) is 5.82 Å². The maximum atomic E-state index is 13.6. The van der Waals surface area contributed by atoms with Crippen molar-refractivity contribution in [2.45, 2.75) is 66.2 Å². The molecule has 0 bridgehead atoms. The third kappa shape index (κ3) is 4.66. The van der Waals surface area contributed by atoms with Crippen LogP contribution >= 0.6 is 11.6 Å². The van der Waals surface area contributed by atoms with Gasteiger partial charge in [-0.05, 0) is 86.5 Å². The predicted octanol–water partition coefficient (Wildman–Crippen LogP) is 7.02. The monoisotopic (exact) mass is 452 g/mol. The Morgan fingerprint density at radius 1 is 0.710 bits per heavy atom. The standard InChI is InChI=1S/C28H34ClFSi/c1-16-23(19-13-20(27(3,4)5)15-21(14-19)28(6,7)8)17(2)25(29)26(31)24(16)18-9-11-22(30)12-10-18/h9-15H,1-8,31H3. The highest BCUT2D eigenvalue weighted by Crippen LogP contribution is 2.40. The molecule has 0 aliphatic carbocycles. The minimum Gasteiger partial charge on any atom is -0.207 e. The number of benzene rings is 3. The van der Waals surface area contributed by atoms with Crippen molar-refractivity contribution in [3.05, 3.63) is 75.6 Å². The smallest absolute Gasteiger partial charge is 0.123 e. The van der Waals surface area contributed by atoms with Crippen molar-refractivity contribution in [1.82, 2.24) is 0 Å². The van der Waals surface area contributed by atoms with Gasteiger partial charge in [-0.25, -0.2) is 4.39 Å². The zero-order chi connectivity index (χ0) is 23.3. The van der Waals surface area contributed by atoms with Crippen molar-refractivity contribution < 1.29 is 4.39 Å². The molecular formula is C28H34ClFSi. The molecule has 0 radical (unpaired) electrons. The van der Waals surface area contributed by atoms with Crippen LogP contribution in [0.3, 0.4) is 0 Å². The van der Waals surface area contributed by atoms with E-state index in [0.717, 1.165) is 32.0 Å². The molecule has 0 unspecified atom stereocenters. The minimum atomic E-state index is -0.220. The quantitative estimate of drug-likeness (QED) is 0.366. The van der Waals surface area contributed by atoms with Crippen LogP contribution in [0.2, 0.25) is 5.02 Å². The number of hydrogen-bond donors (Lipinski definition) is 0. The van der Waals surface area contributed by atoms with Crippen molar-refractivity contribution in [2.75, 3.05) is 0 Å². The highest BCUT2D eigenvalue weighted by atomic mass is 35.5. The van der Waals surface area contributed by atoms with Crippen LogP contribution in [0.5, 0.6) is 0 Å². The van der Waals surface area contributed by atoms with Crippen LogP contribution in [0.1, 0.15) is 63.8 Å². The molecule has 0 spiro atoms. The second kappa shape index (κ2) is 8.22. The lowest BCUT2D eigenvalue weighted by atomic mass is 9.78. The summed E-state index contributed by atoms with van der Waals surface area (Å²) in [6.45, 7) is 17.9. The fraction of sp³-hybridized carbons (Fsp3) is 0.357. The highest BCUT2D eigenvalue weighted by molar-refractivity contribution is 6.48. The van der Waals surface area contributed by atoms with Gasteiger partial charge in [-0.2, -0.15) is 0 Å². The maximum absolute atomic E-state index is 13.6. The van der Waals surface area contributed by atoms with Crippen molar-refractivity contribution >= 4 is 27.0 Å². The van der Waals surface area contributed by atoms with Gasteiger partial charge in [-0.3, -0.25) is 0 Å². The zero-order valence-electron chi connectivity index (χ0n) is 20.3. The zero-order valence-corrected chi connectivity index (χ0v) is 23.1. The highest BCUT2D eigenvalue weighted by Gasteiger charge is 2.24. The summed E-state index contributed by atoms with van der Waals surface area (Å²) in [5.74, 6) is -0.220. The second-order valence-electron chi connectivity index (χ2n) is 10.7. The predicted molar refractivity (Wildman–Crippen MR) is 139 cm³/mol. The molecule has 3 aromatic rings. The van der Waals surface area contributed by atoms with Crippen LogP contribution in [0, 0.1) is 19.7 Å². The summed E-state index contributed by atoms with van der Waals surface area (Å²) in [6, 6.07) is 13.8.